The molecule has 0 spiro atoms. The summed E-state index contributed by atoms with van der Waals surface area (Å²) in [7, 11) is 0. The summed E-state index contributed by atoms with van der Waals surface area (Å²) >= 11 is 0. The standard InChI is InChI=1S/C35H56O7/c1-21(2)23-10-15-35(20-41-19-22(37)18-36)17-16-33(6)24(28(23)35)8-9-26-32(5)13-12-27(42-30(40)29(38)39)31(3,4)25(32)11-14-34(26,33)7/h22-28,36-37H,1,8-20H2,2-7H3,(H,38,39)/t22?,23-,24+,25-,26+,27-,28+,32-,33+,34+,35+/m0/s1. The van der Waals surface area contributed by atoms with Crippen LogP contribution in [0.1, 0.15) is 106 Å². The van der Waals surface area contributed by atoms with Gasteiger partial charge in [0.2, 0.25) is 0 Å². The molecule has 0 radical (unpaired) electrons. The van der Waals surface area contributed by atoms with E-state index in [0.717, 1.165) is 38.5 Å². The number of aliphatic hydroxyl groups is 2. The zero-order valence-electron chi connectivity index (χ0n) is 26.9. The summed E-state index contributed by atoms with van der Waals surface area (Å²) in [6.45, 7) is 19.3. The van der Waals surface area contributed by atoms with Crippen LogP contribution < -0.4 is 0 Å². The maximum Gasteiger partial charge on any atom is 0.417 e. The van der Waals surface area contributed by atoms with E-state index in [1.165, 1.54) is 24.8 Å². The molecule has 5 fully saturated rings. The van der Waals surface area contributed by atoms with Gasteiger partial charge in [0.1, 0.15) is 12.2 Å². The van der Waals surface area contributed by atoms with E-state index < -0.39 is 18.0 Å². The van der Waals surface area contributed by atoms with Gasteiger partial charge in [-0.1, -0.05) is 46.8 Å². The second-order valence-corrected chi connectivity index (χ2v) is 16.5. The van der Waals surface area contributed by atoms with E-state index in [0.29, 0.717) is 42.6 Å². The van der Waals surface area contributed by atoms with Crippen LogP contribution in [0.3, 0.4) is 0 Å². The molecule has 0 amide bonds. The lowest BCUT2D eigenvalue weighted by Crippen LogP contribution is -2.67. The van der Waals surface area contributed by atoms with Crippen LogP contribution in [-0.4, -0.2) is 59.3 Å². The maximum atomic E-state index is 12.1. The number of carbonyl (C=O) groups excluding carboxylic acids is 1. The van der Waals surface area contributed by atoms with Crippen molar-refractivity contribution in [2.75, 3.05) is 19.8 Å². The van der Waals surface area contributed by atoms with Crippen molar-refractivity contribution < 1.29 is 34.4 Å². The van der Waals surface area contributed by atoms with Crippen molar-refractivity contribution in [3.8, 4) is 0 Å². The predicted octanol–water partition coefficient (Wildman–Crippen LogP) is 6.01. The molecule has 7 heteroatoms. The molecule has 0 heterocycles. The van der Waals surface area contributed by atoms with Gasteiger partial charge in [0.15, 0.2) is 0 Å². The highest BCUT2D eigenvalue weighted by molar-refractivity contribution is 6.28. The smallest absolute Gasteiger partial charge is 0.417 e. The molecule has 0 aromatic rings. The summed E-state index contributed by atoms with van der Waals surface area (Å²) in [6.07, 6.45) is 9.69. The Morgan fingerprint density at radius 1 is 0.905 bits per heavy atom. The average Bonchev–Trinajstić information content (AvgIpc) is 3.30. The van der Waals surface area contributed by atoms with Gasteiger partial charge in [-0.2, -0.15) is 0 Å². The first-order valence-corrected chi connectivity index (χ1v) is 16.5. The molecule has 5 saturated carbocycles. The zero-order chi connectivity index (χ0) is 30.9. The van der Waals surface area contributed by atoms with Crippen molar-refractivity contribution in [3.63, 3.8) is 0 Å². The van der Waals surface area contributed by atoms with Crippen molar-refractivity contribution in [3.05, 3.63) is 12.2 Å². The molecule has 0 bridgehead atoms. The summed E-state index contributed by atoms with van der Waals surface area (Å²) in [5, 5.41) is 28.5. The number of carbonyl (C=O) groups is 2. The second kappa shape index (κ2) is 10.9. The van der Waals surface area contributed by atoms with E-state index in [-0.39, 0.29) is 46.4 Å². The molecule has 11 atom stereocenters. The lowest BCUT2D eigenvalue weighted by atomic mass is 9.32. The van der Waals surface area contributed by atoms with Gasteiger partial charge >= 0.3 is 11.9 Å². The number of carboxylic acid groups (broad SMARTS) is 1. The minimum atomic E-state index is -1.51. The normalized spacial score (nSPS) is 46.4. The van der Waals surface area contributed by atoms with E-state index in [4.69, 9.17) is 9.47 Å². The minimum Gasteiger partial charge on any atom is -0.473 e. The van der Waals surface area contributed by atoms with Crippen LogP contribution in [-0.2, 0) is 19.1 Å². The summed E-state index contributed by atoms with van der Waals surface area (Å²) in [6, 6.07) is 0. The number of aliphatic carboxylic acids is 1. The van der Waals surface area contributed by atoms with Crippen molar-refractivity contribution in [1.29, 1.82) is 0 Å². The molecule has 0 aromatic carbocycles. The molecule has 1 unspecified atom stereocenters. The van der Waals surface area contributed by atoms with E-state index in [1.54, 1.807) is 0 Å². The lowest BCUT2D eigenvalue weighted by molar-refractivity contribution is -0.252. The highest BCUT2D eigenvalue weighted by Gasteiger charge is 2.71. The topological polar surface area (TPSA) is 113 Å². The number of hydrogen-bond donors (Lipinski definition) is 3. The first kappa shape index (κ1) is 32.0. The number of rotatable bonds is 7. The van der Waals surface area contributed by atoms with Crippen LogP contribution in [0.2, 0.25) is 0 Å². The first-order chi connectivity index (χ1) is 19.6. The number of ether oxygens (including phenoxy) is 2. The SMILES string of the molecule is C=C(C)[C@@H]1CC[C@]2(COCC(O)CO)CC[C@]3(C)[C@H](CC[C@@H]4[C@@]5(C)CC[C@H](OC(=O)C(=O)O)C(C)(C)[C@@H]5CC[C@]43C)[C@@H]12. The molecule has 0 aromatic heterocycles. The van der Waals surface area contributed by atoms with Crippen molar-refractivity contribution >= 4 is 11.9 Å². The minimum absolute atomic E-state index is 0.0985. The van der Waals surface area contributed by atoms with E-state index in [9.17, 15) is 24.9 Å². The molecule has 0 saturated heterocycles. The Hall–Kier alpha value is -1.44. The van der Waals surface area contributed by atoms with Gasteiger partial charge in [-0.3, -0.25) is 0 Å². The first-order valence-electron chi connectivity index (χ1n) is 16.5. The number of esters is 1. The van der Waals surface area contributed by atoms with Gasteiger partial charge in [0, 0.05) is 5.41 Å². The van der Waals surface area contributed by atoms with Crippen molar-refractivity contribution in [1.82, 2.24) is 0 Å². The Morgan fingerprint density at radius 3 is 2.26 bits per heavy atom. The molecule has 238 valence electrons. The van der Waals surface area contributed by atoms with E-state index >= 15 is 0 Å². The third-order valence-electron chi connectivity index (χ3n) is 14.5. The maximum absolute atomic E-state index is 12.1. The third-order valence-corrected chi connectivity index (χ3v) is 14.5. The van der Waals surface area contributed by atoms with Gasteiger partial charge < -0.3 is 24.8 Å². The summed E-state index contributed by atoms with van der Waals surface area (Å²) in [4.78, 5) is 23.4. The van der Waals surface area contributed by atoms with Crippen LogP contribution in [0, 0.1) is 56.7 Å². The predicted molar refractivity (Wildman–Crippen MR) is 160 cm³/mol. The molecule has 5 rings (SSSR count). The van der Waals surface area contributed by atoms with Gasteiger partial charge in [-0.05, 0) is 122 Å². The molecule has 5 aliphatic rings. The summed E-state index contributed by atoms with van der Waals surface area (Å²) < 4.78 is 11.7. The number of hydrogen-bond acceptors (Lipinski definition) is 6. The Bertz CT molecular complexity index is 1090. The van der Waals surface area contributed by atoms with Crippen LogP contribution in [0.5, 0.6) is 0 Å². The molecule has 3 N–H and O–H groups in total. The fraction of sp³-hybridized carbons (Fsp3) is 0.886. The largest absolute Gasteiger partial charge is 0.473 e. The highest BCUT2D eigenvalue weighted by atomic mass is 16.6. The van der Waals surface area contributed by atoms with E-state index in [2.05, 4.69) is 48.1 Å². The zero-order valence-corrected chi connectivity index (χ0v) is 26.9. The van der Waals surface area contributed by atoms with Crippen LogP contribution >= 0.6 is 0 Å². The molecular formula is C35H56O7. The lowest BCUT2D eigenvalue weighted by Gasteiger charge is -2.73. The fourth-order valence-electron chi connectivity index (χ4n) is 12.4. The van der Waals surface area contributed by atoms with E-state index in [1.807, 2.05) is 0 Å². The number of aliphatic hydroxyl groups excluding tert-OH is 2. The average molecular weight is 589 g/mol. The number of carboxylic acids is 1. The van der Waals surface area contributed by atoms with Crippen LogP contribution in [0.4, 0.5) is 0 Å². The Balaban J connectivity index is 1.44. The van der Waals surface area contributed by atoms with Gasteiger partial charge in [0.05, 0.1) is 19.8 Å². The molecule has 0 aliphatic heterocycles. The highest BCUT2D eigenvalue weighted by Crippen LogP contribution is 2.77. The molecule has 5 aliphatic carbocycles. The Labute approximate surface area is 252 Å². The van der Waals surface area contributed by atoms with Crippen molar-refractivity contribution in [2.45, 2.75) is 118 Å². The third kappa shape index (κ3) is 4.62. The number of allylic oxidation sites excluding steroid dienone is 1. The monoisotopic (exact) mass is 588 g/mol. The summed E-state index contributed by atoms with van der Waals surface area (Å²) in [5.41, 5.74) is 1.59. The Kier molecular flexibility index (Phi) is 8.27. The van der Waals surface area contributed by atoms with Crippen LogP contribution in [0.15, 0.2) is 12.2 Å². The molecule has 42 heavy (non-hydrogen) atoms. The van der Waals surface area contributed by atoms with Crippen LogP contribution in [0.25, 0.3) is 0 Å². The second-order valence-electron chi connectivity index (χ2n) is 16.5. The van der Waals surface area contributed by atoms with Crippen molar-refractivity contribution in [2.24, 2.45) is 56.7 Å². The quantitative estimate of drug-likeness (QED) is 0.190. The van der Waals surface area contributed by atoms with Gasteiger partial charge in [-0.15, -0.1) is 0 Å². The molecule has 7 nitrogen and oxygen atoms in total. The van der Waals surface area contributed by atoms with Gasteiger partial charge in [0.25, 0.3) is 0 Å². The summed E-state index contributed by atoms with van der Waals surface area (Å²) in [5.74, 6) is -0.110. The number of fused-ring (bicyclic) bond motifs is 7. The Morgan fingerprint density at radius 2 is 1.62 bits per heavy atom. The molecular weight excluding hydrogens is 532 g/mol. The fourth-order valence-corrected chi connectivity index (χ4v) is 12.4. The van der Waals surface area contributed by atoms with Gasteiger partial charge in [-0.25, -0.2) is 9.59 Å².